The highest BCUT2D eigenvalue weighted by Crippen LogP contribution is 2.21. The van der Waals surface area contributed by atoms with Crippen molar-refractivity contribution in [2.24, 2.45) is 5.92 Å². The zero-order chi connectivity index (χ0) is 18.7. The maximum absolute atomic E-state index is 13.2. The molecule has 1 fully saturated rings. The van der Waals surface area contributed by atoms with E-state index in [9.17, 15) is 14.0 Å². The van der Waals surface area contributed by atoms with Crippen LogP contribution in [-0.4, -0.2) is 29.8 Å². The number of likely N-dealkylation sites (tertiary alicyclic amines) is 1. The number of piperidine rings is 1. The molecule has 1 aliphatic rings. The van der Waals surface area contributed by atoms with Crippen LogP contribution in [0.3, 0.4) is 0 Å². The van der Waals surface area contributed by atoms with Crippen LogP contribution in [0.25, 0.3) is 0 Å². The number of halogens is 2. The summed E-state index contributed by atoms with van der Waals surface area (Å²) in [6, 6.07) is 10.6. The number of carbonyl (C=O) groups excluding carboxylic acids is 2. The molecule has 1 atom stereocenters. The van der Waals surface area contributed by atoms with E-state index in [1.165, 1.54) is 18.2 Å². The first kappa shape index (κ1) is 18.4. The number of benzene rings is 2. The predicted octanol–water partition coefficient (Wildman–Crippen LogP) is 4.60. The minimum absolute atomic E-state index is 0.0592. The van der Waals surface area contributed by atoms with E-state index < -0.39 is 5.82 Å². The fourth-order valence-corrected chi connectivity index (χ4v) is 3.31. The highest BCUT2D eigenvalue weighted by molar-refractivity contribution is 6.31. The molecule has 2 aromatic rings. The molecule has 0 radical (unpaired) electrons. The molecule has 0 aromatic heterocycles. The summed E-state index contributed by atoms with van der Waals surface area (Å²) < 4.78 is 13.2. The zero-order valence-electron chi connectivity index (χ0n) is 14.5. The molecule has 26 heavy (non-hydrogen) atoms. The Morgan fingerprint density at radius 2 is 1.96 bits per heavy atom. The minimum Gasteiger partial charge on any atom is -0.338 e. The number of nitrogens with zero attached hydrogens (tertiary/aromatic N) is 1. The lowest BCUT2D eigenvalue weighted by Crippen LogP contribution is -2.39. The number of anilines is 1. The largest absolute Gasteiger partial charge is 0.338 e. The van der Waals surface area contributed by atoms with Crippen LogP contribution in [0.15, 0.2) is 42.5 Å². The van der Waals surface area contributed by atoms with Crippen molar-refractivity contribution in [1.29, 1.82) is 0 Å². The summed E-state index contributed by atoms with van der Waals surface area (Å²) in [5.41, 5.74) is 1.24. The Balaban J connectivity index is 1.74. The van der Waals surface area contributed by atoms with Gasteiger partial charge in [-0.05, 0) is 55.2 Å². The predicted molar refractivity (Wildman–Crippen MR) is 100 cm³/mol. The molecule has 1 aliphatic heterocycles. The van der Waals surface area contributed by atoms with Gasteiger partial charge in [0.05, 0.1) is 5.02 Å². The average Bonchev–Trinajstić information content (AvgIpc) is 2.64. The van der Waals surface area contributed by atoms with Crippen LogP contribution in [-0.2, 0) is 0 Å². The number of carbonyl (C=O) groups is 2. The Labute approximate surface area is 157 Å². The van der Waals surface area contributed by atoms with Crippen LogP contribution in [0.4, 0.5) is 10.1 Å². The zero-order valence-corrected chi connectivity index (χ0v) is 15.2. The molecule has 1 unspecified atom stereocenters. The molecular weight excluding hydrogens is 355 g/mol. The second kappa shape index (κ2) is 7.87. The first-order valence-corrected chi connectivity index (χ1v) is 8.97. The summed E-state index contributed by atoms with van der Waals surface area (Å²) in [5, 5.41) is 2.60. The summed E-state index contributed by atoms with van der Waals surface area (Å²) in [7, 11) is 0. The number of hydrogen-bond acceptors (Lipinski definition) is 2. The Morgan fingerprint density at radius 3 is 2.69 bits per heavy atom. The summed E-state index contributed by atoms with van der Waals surface area (Å²) in [4.78, 5) is 27.0. The van der Waals surface area contributed by atoms with Gasteiger partial charge in [0.15, 0.2) is 0 Å². The van der Waals surface area contributed by atoms with Gasteiger partial charge in [-0.25, -0.2) is 4.39 Å². The fourth-order valence-electron chi connectivity index (χ4n) is 3.13. The van der Waals surface area contributed by atoms with Crippen LogP contribution >= 0.6 is 11.6 Å². The molecule has 6 heteroatoms. The molecule has 2 amide bonds. The summed E-state index contributed by atoms with van der Waals surface area (Å²) in [5.74, 6) is -0.499. The Morgan fingerprint density at radius 1 is 1.19 bits per heavy atom. The van der Waals surface area contributed by atoms with Gasteiger partial charge in [-0.2, -0.15) is 0 Å². The molecule has 1 N–H and O–H groups in total. The third-order valence-corrected chi connectivity index (χ3v) is 4.78. The molecule has 136 valence electrons. The highest BCUT2D eigenvalue weighted by Gasteiger charge is 2.22. The molecule has 0 spiro atoms. The van der Waals surface area contributed by atoms with Gasteiger partial charge in [-0.3, -0.25) is 9.59 Å². The van der Waals surface area contributed by atoms with E-state index in [-0.39, 0.29) is 16.8 Å². The van der Waals surface area contributed by atoms with E-state index >= 15 is 0 Å². The Bertz CT molecular complexity index is 840. The quantitative estimate of drug-likeness (QED) is 0.853. The summed E-state index contributed by atoms with van der Waals surface area (Å²) >= 11 is 5.73. The molecule has 1 heterocycles. The Kier molecular flexibility index (Phi) is 5.57. The van der Waals surface area contributed by atoms with Crippen LogP contribution < -0.4 is 5.32 Å². The Hall–Kier alpha value is -2.40. The van der Waals surface area contributed by atoms with E-state index in [2.05, 4.69) is 12.2 Å². The van der Waals surface area contributed by atoms with Crippen LogP contribution in [0.5, 0.6) is 0 Å². The van der Waals surface area contributed by atoms with Crippen molar-refractivity contribution in [2.75, 3.05) is 18.4 Å². The lowest BCUT2D eigenvalue weighted by atomic mass is 9.99. The standard InChI is InChI=1S/C20H20ClFN2O2/c1-13-4-3-9-24(12-13)20(26)15-6-2-5-14(10-15)19(25)23-16-7-8-18(22)17(21)11-16/h2,5-8,10-11,13H,3-4,9,12H2,1H3,(H,23,25). The van der Waals surface area contributed by atoms with Crippen molar-refractivity contribution in [2.45, 2.75) is 19.8 Å². The van der Waals surface area contributed by atoms with Gasteiger partial charge in [0, 0.05) is 29.9 Å². The third kappa shape index (κ3) is 4.22. The summed E-state index contributed by atoms with van der Waals surface area (Å²) in [6.07, 6.45) is 2.13. The van der Waals surface area contributed by atoms with E-state index in [4.69, 9.17) is 11.6 Å². The van der Waals surface area contributed by atoms with Gasteiger partial charge in [-0.15, -0.1) is 0 Å². The third-order valence-electron chi connectivity index (χ3n) is 4.49. The maximum atomic E-state index is 13.2. The lowest BCUT2D eigenvalue weighted by Gasteiger charge is -2.31. The van der Waals surface area contributed by atoms with Gasteiger partial charge in [-0.1, -0.05) is 24.6 Å². The van der Waals surface area contributed by atoms with Gasteiger partial charge in [0.25, 0.3) is 11.8 Å². The second-order valence-corrected chi connectivity index (χ2v) is 7.07. The molecule has 0 bridgehead atoms. The van der Waals surface area contributed by atoms with Crippen molar-refractivity contribution in [3.05, 3.63) is 64.4 Å². The topological polar surface area (TPSA) is 49.4 Å². The van der Waals surface area contributed by atoms with Crippen molar-refractivity contribution >= 4 is 29.1 Å². The molecule has 4 nitrogen and oxygen atoms in total. The number of rotatable bonds is 3. The van der Waals surface area contributed by atoms with E-state index in [0.717, 1.165) is 25.9 Å². The number of nitrogens with one attached hydrogen (secondary N) is 1. The van der Waals surface area contributed by atoms with Crippen molar-refractivity contribution in [3.8, 4) is 0 Å². The average molecular weight is 375 g/mol. The van der Waals surface area contributed by atoms with Gasteiger partial charge in [0.1, 0.15) is 5.82 Å². The normalized spacial score (nSPS) is 17.0. The van der Waals surface area contributed by atoms with Crippen molar-refractivity contribution in [1.82, 2.24) is 4.90 Å². The van der Waals surface area contributed by atoms with E-state index in [1.807, 2.05) is 4.90 Å². The van der Waals surface area contributed by atoms with Crippen LogP contribution in [0, 0.1) is 11.7 Å². The molecule has 2 aromatic carbocycles. The first-order valence-electron chi connectivity index (χ1n) is 8.60. The molecular formula is C20H20ClFN2O2. The molecule has 1 saturated heterocycles. The fraction of sp³-hybridized carbons (Fsp3) is 0.300. The van der Waals surface area contributed by atoms with Crippen molar-refractivity contribution in [3.63, 3.8) is 0 Å². The molecule has 0 saturated carbocycles. The SMILES string of the molecule is CC1CCCN(C(=O)c2cccc(C(=O)Nc3ccc(F)c(Cl)c3)c2)C1. The summed E-state index contributed by atoms with van der Waals surface area (Å²) in [6.45, 7) is 3.62. The van der Waals surface area contributed by atoms with Gasteiger partial charge in [0.2, 0.25) is 0 Å². The minimum atomic E-state index is -0.548. The lowest BCUT2D eigenvalue weighted by molar-refractivity contribution is 0.0683. The van der Waals surface area contributed by atoms with Crippen LogP contribution in [0.1, 0.15) is 40.5 Å². The molecule has 0 aliphatic carbocycles. The van der Waals surface area contributed by atoms with Crippen molar-refractivity contribution < 1.29 is 14.0 Å². The number of amides is 2. The van der Waals surface area contributed by atoms with E-state index in [0.29, 0.717) is 22.7 Å². The highest BCUT2D eigenvalue weighted by atomic mass is 35.5. The van der Waals surface area contributed by atoms with Gasteiger partial charge >= 0.3 is 0 Å². The maximum Gasteiger partial charge on any atom is 0.255 e. The molecule has 3 rings (SSSR count). The smallest absolute Gasteiger partial charge is 0.255 e. The second-order valence-electron chi connectivity index (χ2n) is 6.66. The van der Waals surface area contributed by atoms with Gasteiger partial charge < -0.3 is 10.2 Å². The van der Waals surface area contributed by atoms with Crippen LogP contribution in [0.2, 0.25) is 5.02 Å². The number of hydrogen-bond donors (Lipinski definition) is 1. The first-order chi connectivity index (χ1) is 12.4. The monoisotopic (exact) mass is 374 g/mol. The van der Waals surface area contributed by atoms with E-state index in [1.54, 1.807) is 24.3 Å².